The van der Waals surface area contributed by atoms with Crippen LogP contribution in [-0.4, -0.2) is 55.7 Å². The Balaban J connectivity index is 1.20. The Kier molecular flexibility index (Phi) is 14.9. The second-order valence-corrected chi connectivity index (χ2v) is 14.3. The van der Waals surface area contributed by atoms with E-state index in [4.69, 9.17) is 18.9 Å². The van der Waals surface area contributed by atoms with Crippen LogP contribution < -0.4 is 0 Å². The first-order valence-electron chi connectivity index (χ1n) is 17.6. The van der Waals surface area contributed by atoms with Crippen LogP contribution in [-0.2, 0) is 39.8 Å². The number of unbranched alkanes of at least 4 members (excludes halogenated alkanes) is 4. The van der Waals surface area contributed by atoms with Gasteiger partial charge in [-0.05, 0) is 113 Å². The standard InChI is InChI=1S/C38H52O8S/c1-4-6-21-43-30-16-18-31(19-17-30)46-38(42)32-20-15-29(33-24-26(3)47-36(32)33)25-34(39)27-11-13-28(14-12-27)37(41)45-23-10-8-7-9-22-44-35(40)5-2/h5,15,20,24,27-28,30-31H,2,4,6-14,16-19,21-23,25H2,1,3H3. The molecule has 0 bridgehead atoms. The lowest BCUT2D eigenvalue weighted by molar-refractivity contribution is -0.150. The maximum absolute atomic E-state index is 13.4. The van der Waals surface area contributed by atoms with Crippen molar-refractivity contribution in [2.24, 2.45) is 11.8 Å². The number of ketones is 1. The van der Waals surface area contributed by atoms with Gasteiger partial charge in [0.25, 0.3) is 0 Å². The maximum atomic E-state index is 13.4. The van der Waals surface area contributed by atoms with Crippen molar-refractivity contribution in [3.63, 3.8) is 0 Å². The number of fused-ring (bicyclic) bond motifs is 1. The van der Waals surface area contributed by atoms with Crippen LogP contribution in [0.15, 0.2) is 30.9 Å². The fourth-order valence-corrected chi connectivity index (χ4v) is 7.67. The summed E-state index contributed by atoms with van der Waals surface area (Å²) in [6.45, 7) is 9.12. The van der Waals surface area contributed by atoms with Crippen LogP contribution in [0.5, 0.6) is 0 Å². The summed E-state index contributed by atoms with van der Waals surface area (Å²) in [5.74, 6) is -0.902. The van der Waals surface area contributed by atoms with Gasteiger partial charge in [0.1, 0.15) is 11.9 Å². The summed E-state index contributed by atoms with van der Waals surface area (Å²) in [7, 11) is 0. The van der Waals surface area contributed by atoms with Gasteiger partial charge in [0.2, 0.25) is 0 Å². The Morgan fingerprint density at radius 3 is 2.17 bits per heavy atom. The molecule has 9 heteroatoms. The van der Waals surface area contributed by atoms with Gasteiger partial charge >= 0.3 is 17.9 Å². The summed E-state index contributed by atoms with van der Waals surface area (Å²) in [5.41, 5.74) is 1.51. The molecule has 8 nitrogen and oxygen atoms in total. The number of ether oxygens (including phenoxy) is 4. The molecule has 0 atom stereocenters. The summed E-state index contributed by atoms with van der Waals surface area (Å²) in [4.78, 5) is 51.5. The second kappa shape index (κ2) is 19.1. The Bertz CT molecular complexity index is 1350. The molecule has 1 aromatic carbocycles. The van der Waals surface area contributed by atoms with Crippen LogP contribution in [0.25, 0.3) is 10.1 Å². The van der Waals surface area contributed by atoms with Gasteiger partial charge in [-0.1, -0.05) is 26.0 Å². The van der Waals surface area contributed by atoms with Gasteiger partial charge in [-0.2, -0.15) is 0 Å². The topological polar surface area (TPSA) is 105 Å². The van der Waals surface area contributed by atoms with Gasteiger partial charge in [-0.25, -0.2) is 9.59 Å². The number of benzene rings is 1. The van der Waals surface area contributed by atoms with Crippen molar-refractivity contribution in [3.8, 4) is 0 Å². The monoisotopic (exact) mass is 668 g/mol. The molecule has 2 aromatic rings. The van der Waals surface area contributed by atoms with Crippen LogP contribution >= 0.6 is 11.3 Å². The first kappa shape index (κ1) is 36.8. The number of carbonyl (C=O) groups is 4. The third-order valence-corrected chi connectivity index (χ3v) is 10.5. The van der Waals surface area contributed by atoms with Gasteiger partial charge in [-0.15, -0.1) is 11.3 Å². The maximum Gasteiger partial charge on any atom is 0.339 e. The van der Waals surface area contributed by atoms with E-state index in [-0.39, 0.29) is 41.8 Å². The molecule has 2 fully saturated rings. The van der Waals surface area contributed by atoms with Crippen LogP contribution in [0.3, 0.4) is 0 Å². The third kappa shape index (κ3) is 11.3. The number of rotatable bonds is 18. The highest BCUT2D eigenvalue weighted by atomic mass is 32.1. The third-order valence-electron chi connectivity index (χ3n) is 9.44. The molecular formula is C38H52O8S. The first-order chi connectivity index (χ1) is 22.8. The lowest BCUT2D eigenvalue weighted by Gasteiger charge is -2.28. The van der Waals surface area contributed by atoms with Crippen molar-refractivity contribution >= 4 is 45.1 Å². The molecule has 1 aromatic heterocycles. The predicted octanol–water partition coefficient (Wildman–Crippen LogP) is 8.25. The van der Waals surface area contributed by atoms with Crippen molar-refractivity contribution in [2.45, 2.75) is 122 Å². The van der Waals surface area contributed by atoms with E-state index in [1.165, 1.54) is 0 Å². The van der Waals surface area contributed by atoms with Gasteiger partial charge in [0.15, 0.2) is 0 Å². The minimum Gasteiger partial charge on any atom is -0.465 e. The second-order valence-electron chi connectivity index (χ2n) is 13.0. The Morgan fingerprint density at radius 1 is 0.830 bits per heavy atom. The number of thiophene rings is 1. The minimum atomic E-state index is -0.407. The van der Waals surface area contributed by atoms with E-state index in [1.807, 2.05) is 19.1 Å². The van der Waals surface area contributed by atoms with Crippen molar-refractivity contribution in [1.29, 1.82) is 0 Å². The van der Waals surface area contributed by atoms with Crippen molar-refractivity contribution < 1.29 is 38.1 Å². The number of esters is 3. The summed E-state index contributed by atoms with van der Waals surface area (Å²) in [5, 5.41) is 0.957. The Morgan fingerprint density at radius 2 is 1.49 bits per heavy atom. The van der Waals surface area contributed by atoms with E-state index < -0.39 is 5.97 Å². The minimum absolute atomic E-state index is 0.0743. The summed E-state index contributed by atoms with van der Waals surface area (Å²) >= 11 is 1.57. The quantitative estimate of drug-likeness (QED) is 0.0677. The van der Waals surface area contributed by atoms with Crippen LogP contribution in [0.4, 0.5) is 0 Å². The molecule has 4 rings (SSSR count). The zero-order chi connectivity index (χ0) is 33.6. The largest absolute Gasteiger partial charge is 0.465 e. The molecule has 0 saturated heterocycles. The van der Waals surface area contributed by atoms with E-state index >= 15 is 0 Å². The smallest absolute Gasteiger partial charge is 0.339 e. The Hall–Kier alpha value is -3.04. The van der Waals surface area contributed by atoms with E-state index in [0.717, 1.165) is 97.4 Å². The molecule has 2 aliphatic carbocycles. The lowest BCUT2D eigenvalue weighted by atomic mass is 9.78. The van der Waals surface area contributed by atoms with Crippen LogP contribution in [0, 0.1) is 18.8 Å². The van der Waals surface area contributed by atoms with E-state index in [1.54, 1.807) is 11.3 Å². The van der Waals surface area contributed by atoms with Gasteiger partial charge in [0.05, 0.1) is 30.8 Å². The summed E-state index contributed by atoms with van der Waals surface area (Å²) in [6, 6.07) is 5.81. The summed E-state index contributed by atoms with van der Waals surface area (Å²) in [6.07, 6.45) is 13.3. The average Bonchev–Trinajstić information content (AvgIpc) is 3.48. The number of aryl methyl sites for hydroxylation is 1. The normalized spacial score (nSPS) is 21.2. The van der Waals surface area contributed by atoms with Crippen molar-refractivity contribution in [3.05, 3.63) is 46.9 Å². The van der Waals surface area contributed by atoms with Crippen molar-refractivity contribution in [2.75, 3.05) is 19.8 Å². The molecule has 0 amide bonds. The summed E-state index contributed by atoms with van der Waals surface area (Å²) < 4.78 is 23.3. The molecule has 0 spiro atoms. The lowest BCUT2D eigenvalue weighted by Crippen LogP contribution is -2.28. The molecule has 258 valence electrons. The highest BCUT2D eigenvalue weighted by Crippen LogP contribution is 2.35. The molecule has 1 heterocycles. The molecule has 0 unspecified atom stereocenters. The number of hydrogen-bond donors (Lipinski definition) is 0. The first-order valence-corrected chi connectivity index (χ1v) is 18.4. The molecule has 0 radical (unpaired) electrons. The van der Waals surface area contributed by atoms with E-state index in [0.29, 0.717) is 50.9 Å². The molecule has 0 aliphatic heterocycles. The molecular weight excluding hydrogens is 616 g/mol. The SMILES string of the molecule is C=CC(=O)OCCCCCCOC(=O)C1CCC(C(=O)Cc2ccc(C(=O)OC3CCC(OCCCC)CC3)c3sc(C)cc23)CC1. The predicted molar refractivity (Wildman–Crippen MR) is 184 cm³/mol. The number of hydrogen-bond acceptors (Lipinski definition) is 9. The molecule has 0 N–H and O–H groups in total. The van der Waals surface area contributed by atoms with E-state index in [2.05, 4.69) is 19.6 Å². The number of carbonyl (C=O) groups excluding carboxylic acids is 4. The molecule has 47 heavy (non-hydrogen) atoms. The van der Waals surface area contributed by atoms with Crippen LogP contribution in [0.1, 0.15) is 118 Å². The fraction of sp³-hybridized carbons (Fsp3) is 0.632. The van der Waals surface area contributed by atoms with Crippen molar-refractivity contribution in [1.82, 2.24) is 0 Å². The van der Waals surface area contributed by atoms with Gasteiger partial charge < -0.3 is 18.9 Å². The number of Topliss-reactive ketones (excluding diaryl/α,β-unsaturated/α-hetero) is 1. The van der Waals surface area contributed by atoms with Crippen LogP contribution in [0.2, 0.25) is 0 Å². The van der Waals surface area contributed by atoms with Gasteiger partial charge in [-0.3, -0.25) is 9.59 Å². The zero-order valence-corrected chi connectivity index (χ0v) is 29.0. The van der Waals surface area contributed by atoms with E-state index in [9.17, 15) is 19.2 Å². The Labute approximate surface area is 283 Å². The fourth-order valence-electron chi connectivity index (χ4n) is 6.61. The molecule has 2 saturated carbocycles. The highest BCUT2D eigenvalue weighted by molar-refractivity contribution is 7.19. The average molecular weight is 669 g/mol. The zero-order valence-electron chi connectivity index (χ0n) is 28.2. The molecule has 2 aliphatic rings. The van der Waals surface area contributed by atoms with Gasteiger partial charge in [0, 0.05) is 34.6 Å². The highest BCUT2D eigenvalue weighted by Gasteiger charge is 2.31.